The highest BCUT2D eigenvalue weighted by Crippen LogP contribution is 2.00. The van der Waals surface area contributed by atoms with Crippen molar-refractivity contribution in [3.05, 3.63) is 30.1 Å². The molecular formula is C10H17N3. The second-order valence-corrected chi connectivity index (χ2v) is 3.54. The van der Waals surface area contributed by atoms with E-state index in [0.717, 1.165) is 13.1 Å². The molecule has 1 aromatic rings. The van der Waals surface area contributed by atoms with Crippen LogP contribution >= 0.6 is 0 Å². The van der Waals surface area contributed by atoms with E-state index in [-0.39, 0.29) is 6.04 Å². The van der Waals surface area contributed by atoms with E-state index in [9.17, 15) is 0 Å². The van der Waals surface area contributed by atoms with Gasteiger partial charge in [-0.2, -0.15) is 0 Å². The molecule has 0 aromatic carbocycles. The van der Waals surface area contributed by atoms with E-state index in [0.29, 0.717) is 0 Å². The largest absolute Gasteiger partial charge is 0.327 e. The van der Waals surface area contributed by atoms with E-state index in [1.165, 1.54) is 5.56 Å². The number of nitrogens with zero attached hydrogens (tertiary/aromatic N) is 2. The van der Waals surface area contributed by atoms with Crippen LogP contribution in [0.4, 0.5) is 0 Å². The average Bonchev–Trinajstić information content (AvgIpc) is 2.04. The van der Waals surface area contributed by atoms with Crippen LogP contribution < -0.4 is 5.73 Å². The summed E-state index contributed by atoms with van der Waals surface area (Å²) in [6.07, 6.45) is 3.67. The van der Waals surface area contributed by atoms with Gasteiger partial charge in [0.1, 0.15) is 0 Å². The third kappa shape index (κ3) is 4.01. The van der Waals surface area contributed by atoms with Gasteiger partial charge in [-0.1, -0.05) is 6.07 Å². The van der Waals surface area contributed by atoms with Crippen molar-refractivity contribution in [1.29, 1.82) is 0 Å². The van der Waals surface area contributed by atoms with Crippen molar-refractivity contribution < 1.29 is 0 Å². The number of rotatable bonds is 4. The Labute approximate surface area is 79.6 Å². The van der Waals surface area contributed by atoms with Gasteiger partial charge in [-0.15, -0.1) is 0 Å². The Morgan fingerprint density at radius 3 is 2.92 bits per heavy atom. The molecule has 0 amide bonds. The standard InChI is InChI=1S/C10H17N3/c1-9(11)7-13(2)8-10-4-3-5-12-6-10/h3-6,9H,7-8,11H2,1-2H3. The predicted molar refractivity (Wildman–Crippen MR) is 54.2 cm³/mol. The summed E-state index contributed by atoms with van der Waals surface area (Å²) in [5.74, 6) is 0. The van der Waals surface area contributed by atoms with Crippen LogP contribution in [0.15, 0.2) is 24.5 Å². The summed E-state index contributed by atoms with van der Waals surface area (Å²) < 4.78 is 0. The zero-order valence-electron chi connectivity index (χ0n) is 8.27. The lowest BCUT2D eigenvalue weighted by atomic mass is 10.2. The lowest BCUT2D eigenvalue weighted by Crippen LogP contribution is -2.32. The molecule has 0 spiro atoms. The third-order valence-corrected chi connectivity index (χ3v) is 1.77. The quantitative estimate of drug-likeness (QED) is 0.745. The van der Waals surface area contributed by atoms with E-state index < -0.39 is 0 Å². The molecule has 0 bridgehead atoms. The van der Waals surface area contributed by atoms with Gasteiger partial charge in [0.05, 0.1) is 0 Å². The first-order valence-electron chi connectivity index (χ1n) is 4.51. The molecule has 72 valence electrons. The zero-order chi connectivity index (χ0) is 9.68. The second kappa shape index (κ2) is 4.94. The van der Waals surface area contributed by atoms with E-state index >= 15 is 0 Å². The topological polar surface area (TPSA) is 42.1 Å². The van der Waals surface area contributed by atoms with Crippen LogP contribution in [0.5, 0.6) is 0 Å². The minimum absolute atomic E-state index is 0.224. The molecule has 1 heterocycles. The molecule has 1 rings (SSSR count). The van der Waals surface area contributed by atoms with Gasteiger partial charge in [0, 0.05) is 31.5 Å². The molecule has 2 N–H and O–H groups in total. The smallest absolute Gasteiger partial charge is 0.0312 e. The summed E-state index contributed by atoms with van der Waals surface area (Å²) in [5, 5.41) is 0. The predicted octanol–water partition coefficient (Wildman–Crippen LogP) is 0.861. The van der Waals surface area contributed by atoms with Crippen LogP contribution in [0.3, 0.4) is 0 Å². The summed E-state index contributed by atoms with van der Waals surface area (Å²) in [4.78, 5) is 6.26. The highest BCUT2D eigenvalue weighted by atomic mass is 15.1. The van der Waals surface area contributed by atoms with Crippen molar-refractivity contribution in [2.75, 3.05) is 13.6 Å². The van der Waals surface area contributed by atoms with Gasteiger partial charge in [-0.25, -0.2) is 0 Å². The Hall–Kier alpha value is -0.930. The molecule has 1 aromatic heterocycles. The van der Waals surface area contributed by atoms with Gasteiger partial charge in [0.2, 0.25) is 0 Å². The Kier molecular flexibility index (Phi) is 3.86. The molecule has 0 aliphatic carbocycles. The molecule has 0 saturated heterocycles. The molecule has 0 aliphatic heterocycles. The van der Waals surface area contributed by atoms with Crippen molar-refractivity contribution in [3.63, 3.8) is 0 Å². The molecule has 3 heteroatoms. The summed E-state index contributed by atoms with van der Waals surface area (Å²) >= 11 is 0. The minimum Gasteiger partial charge on any atom is -0.327 e. The van der Waals surface area contributed by atoms with Crippen LogP contribution in [0.25, 0.3) is 0 Å². The van der Waals surface area contributed by atoms with Gasteiger partial charge < -0.3 is 10.6 Å². The van der Waals surface area contributed by atoms with Crippen LogP contribution in [0.1, 0.15) is 12.5 Å². The molecule has 1 unspecified atom stereocenters. The van der Waals surface area contributed by atoms with Crippen molar-refractivity contribution in [2.45, 2.75) is 19.5 Å². The van der Waals surface area contributed by atoms with Gasteiger partial charge >= 0.3 is 0 Å². The molecule has 3 nitrogen and oxygen atoms in total. The van der Waals surface area contributed by atoms with Gasteiger partial charge in [-0.05, 0) is 25.6 Å². The number of likely N-dealkylation sites (N-methyl/N-ethyl adjacent to an activating group) is 1. The lowest BCUT2D eigenvalue weighted by molar-refractivity contribution is 0.309. The fourth-order valence-electron chi connectivity index (χ4n) is 1.36. The summed E-state index contributed by atoms with van der Waals surface area (Å²) in [7, 11) is 2.07. The lowest BCUT2D eigenvalue weighted by Gasteiger charge is -2.18. The number of nitrogens with two attached hydrogens (primary N) is 1. The van der Waals surface area contributed by atoms with Crippen molar-refractivity contribution in [3.8, 4) is 0 Å². The first kappa shape index (κ1) is 10.2. The fourth-order valence-corrected chi connectivity index (χ4v) is 1.36. The highest BCUT2D eigenvalue weighted by Gasteiger charge is 2.02. The van der Waals surface area contributed by atoms with E-state index in [4.69, 9.17) is 5.73 Å². The minimum atomic E-state index is 0.224. The number of hydrogen-bond acceptors (Lipinski definition) is 3. The maximum atomic E-state index is 5.69. The third-order valence-electron chi connectivity index (χ3n) is 1.77. The van der Waals surface area contributed by atoms with E-state index in [2.05, 4.69) is 23.0 Å². The molecule has 0 saturated carbocycles. The normalized spacial score (nSPS) is 13.2. The fraction of sp³-hybridized carbons (Fsp3) is 0.500. The molecule has 13 heavy (non-hydrogen) atoms. The molecular weight excluding hydrogens is 162 g/mol. The number of hydrogen-bond donors (Lipinski definition) is 1. The van der Waals surface area contributed by atoms with Crippen molar-refractivity contribution in [2.24, 2.45) is 5.73 Å². The van der Waals surface area contributed by atoms with Crippen molar-refractivity contribution >= 4 is 0 Å². The molecule has 1 atom stereocenters. The summed E-state index contributed by atoms with van der Waals surface area (Å²) in [6.45, 7) is 3.84. The average molecular weight is 179 g/mol. The second-order valence-electron chi connectivity index (χ2n) is 3.54. The summed E-state index contributed by atoms with van der Waals surface area (Å²) in [6, 6.07) is 4.25. The monoisotopic (exact) mass is 179 g/mol. The van der Waals surface area contributed by atoms with Crippen LogP contribution in [-0.2, 0) is 6.54 Å². The Balaban J connectivity index is 2.41. The zero-order valence-corrected chi connectivity index (χ0v) is 8.27. The van der Waals surface area contributed by atoms with Gasteiger partial charge in [0.25, 0.3) is 0 Å². The van der Waals surface area contributed by atoms with E-state index in [1.54, 1.807) is 6.20 Å². The maximum Gasteiger partial charge on any atom is 0.0312 e. The highest BCUT2D eigenvalue weighted by molar-refractivity contribution is 5.07. The summed E-state index contributed by atoms with van der Waals surface area (Å²) in [5.41, 5.74) is 6.92. The SMILES string of the molecule is CC(N)CN(C)Cc1cccnc1. The van der Waals surface area contributed by atoms with Crippen LogP contribution in [-0.4, -0.2) is 29.5 Å². The van der Waals surface area contributed by atoms with Crippen molar-refractivity contribution in [1.82, 2.24) is 9.88 Å². The molecule has 0 aliphatic rings. The van der Waals surface area contributed by atoms with Gasteiger partial charge in [0.15, 0.2) is 0 Å². The maximum absolute atomic E-state index is 5.69. The molecule has 0 radical (unpaired) electrons. The first-order valence-corrected chi connectivity index (χ1v) is 4.51. The number of aromatic nitrogens is 1. The Morgan fingerprint density at radius 1 is 1.62 bits per heavy atom. The Morgan fingerprint density at radius 2 is 2.38 bits per heavy atom. The van der Waals surface area contributed by atoms with Gasteiger partial charge in [-0.3, -0.25) is 4.98 Å². The number of pyridine rings is 1. The van der Waals surface area contributed by atoms with Crippen LogP contribution in [0, 0.1) is 0 Å². The Bertz CT molecular complexity index is 233. The van der Waals surface area contributed by atoms with E-state index in [1.807, 2.05) is 19.2 Å². The molecule has 0 fully saturated rings. The first-order chi connectivity index (χ1) is 6.18. The van der Waals surface area contributed by atoms with Crippen LogP contribution in [0.2, 0.25) is 0 Å².